The van der Waals surface area contributed by atoms with E-state index >= 15 is 0 Å². The third-order valence-corrected chi connectivity index (χ3v) is 5.39. The Balaban J connectivity index is 1.47. The maximum atomic E-state index is 11.0. The van der Waals surface area contributed by atoms with Gasteiger partial charge in [-0.05, 0) is 62.0 Å². The van der Waals surface area contributed by atoms with Gasteiger partial charge in [-0.25, -0.2) is 0 Å². The van der Waals surface area contributed by atoms with E-state index in [0.717, 1.165) is 38.1 Å². The highest BCUT2D eigenvalue weighted by atomic mass is 16.5. The first-order valence-corrected chi connectivity index (χ1v) is 9.84. The fraction of sp³-hybridized carbons (Fsp3) is 0.435. The molecule has 1 heterocycles. The Morgan fingerprint density at radius 3 is 2.56 bits per heavy atom. The van der Waals surface area contributed by atoms with Gasteiger partial charge in [0, 0.05) is 6.04 Å². The number of hydrogen-bond donors (Lipinski definition) is 1. The minimum absolute atomic E-state index is 0.288. The van der Waals surface area contributed by atoms with Crippen LogP contribution in [0.2, 0.25) is 0 Å². The van der Waals surface area contributed by atoms with Crippen LogP contribution < -0.4 is 4.74 Å². The molecule has 2 aromatic carbocycles. The Labute approximate surface area is 161 Å². The Bertz CT molecular complexity index is 714. The first-order chi connectivity index (χ1) is 13.1. The van der Waals surface area contributed by atoms with Crippen LogP contribution in [0.1, 0.15) is 37.3 Å². The van der Waals surface area contributed by atoms with E-state index < -0.39 is 5.97 Å². The highest BCUT2D eigenvalue weighted by Gasteiger charge is 2.26. The van der Waals surface area contributed by atoms with Gasteiger partial charge in [0.15, 0.2) is 0 Å². The Morgan fingerprint density at radius 2 is 1.85 bits per heavy atom. The molecular weight excluding hydrogens is 338 g/mol. The monoisotopic (exact) mass is 367 g/mol. The summed E-state index contributed by atoms with van der Waals surface area (Å²) in [5.74, 6) is -0.0977. The van der Waals surface area contributed by atoms with E-state index in [0.29, 0.717) is 19.1 Å². The van der Waals surface area contributed by atoms with Gasteiger partial charge in [-0.2, -0.15) is 0 Å². The van der Waals surface area contributed by atoms with Crippen molar-refractivity contribution in [3.8, 4) is 5.75 Å². The highest BCUT2D eigenvalue weighted by Crippen LogP contribution is 2.21. The standard InChI is InChI=1S/C23H29NO3/c1-18(23(25)26)13-15-24-14-5-8-21(24)17-27-22-11-9-20(10-12-22)16-19-6-3-2-4-7-19/h2-4,6-7,9-12,18,21H,5,8,13-17H2,1H3,(H,25,26)/t18?,21-/m1/s1. The number of carbonyl (C=O) groups is 1. The van der Waals surface area contributed by atoms with Gasteiger partial charge in [0.1, 0.15) is 12.4 Å². The summed E-state index contributed by atoms with van der Waals surface area (Å²) in [5, 5.41) is 9.05. The van der Waals surface area contributed by atoms with Crippen molar-refractivity contribution in [1.29, 1.82) is 0 Å². The lowest BCUT2D eigenvalue weighted by Gasteiger charge is -2.25. The van der Waals surface area contributed by atoms with E-state index in [4.69, 9.17) is 9.84 Å². The largest absolute Gasteiger partial charge is 0.492 e. The van der Waals surface area contributed by atoms with Gasteiger partial charge < -0.3 is 9.84 Å². The predicted octanol–water partition coefficient (Wildman–Crippen LogP) is 4.23. The first-order valence-electron chi connectivity index (χ1n) is 9.84. The van der Waals surface area contributed by atoms with Gasteiger partial charge in [-0.1, -0.05) is 49.4 Å². The zero-order chi connectivity index (χ0) is 19.1. The van der Waals surface area contributed by atoms with Crippen LogP contribution in [0, 0.1) is 5.92 Å². The summed E-state index contributed by atoms with van der Waals surface area (Å²) in [6.07, 6.45) is 3.90. The third-order valence-electron chi connectivity index (χ3n) is 5.39. The molecule has 0 bridgehead atoms. The maximum absolute atomic E-state index is 11.0. The summed E-state index contributed by atoms with van der Waals surface area (Å²) < 4.78 is 6.02. The molecule has 27 heavy (non-hydrogen) atoms. The minimum atomic E-state index is -0.711. The van der Waals surface area contributed by atoms with Crippen LogP contribution in [0.3, 0.4) is 0 Å². The molecule has 2 aromatic rings. The molecule has 1 fully saturated rings. The van der Waals surface area contributed by atoms with Crippen LogP contribution in [0.4, 0.5) is 0 Å². The summed E-state index contributed by atoms with van der Waals surface area (Å²) in [5.41, 5.74) is 2.59. The van der Waals surface area contributed by atoms with Crippen LogP contribution in [0.15, 0.2) is 54.6 Å². The molecule has 0 radical (unpaired) electrons. The van der Waals surface area contributed by atoms with E-state index in [-0.39, 0.29) is 5.92 Å². The first kappa shape index (κ1) is 19.4. The van der Waals surface area contributed by atoms with Crippen molar-refractivity contribution < 1.29 is 14.6 Å². The lowest BCUT2D eigenvalue weighted by molar-refractivity contribution is -0.141. The van der Waals surface area contributed by atoms with E-state index in [1.807, 2.05) is 18.2 Å². The average molecular weight is 367 g/mol. The fourth-order valence-corrected chi connectivity index (χ4v) is 3.59. The molecule has 4 heteroatoms. The number of carboxylic acids is 1. The number of rotatable bonds is 9. The van der Waals surface area contributed by atoms with E-state index in [9.17, 15) is 4.79 Å². The van der Waals surface area contributed by atoms with Crippen LogP contribution in [-0.4, -0.2) is 41.7 Å². The van der Waals surface area contributed by atoms with Crippen LogP contribution in [0.5, 0.6) is 5.75 Å². The number of carboxylic acid groups (broad SMARTS) is 1. The lowest BCUT2D eigenvalue weighted by atomic mass is 10.1. The van der Waals surface area contributed by atoms with Crippen molar-refractivity contribution >= 4 is 5.97 Å². The normalized spacial score (nSPS) is 18.3. The highest BCUT2D eigenvalue weighted by molar-refractivity contribution is 5.69. The number of hydrogen-bond acceptors (Lipinski definition) is 3. The van der Waals surface area contributed by atoms with Crippen molar-refractivity contribution in [2.75, 3.05) is 19.7 Å². The van der Waals surface area contributed by atoms with Crippen LogP contribution in [-0.2, 0) is 11.2 Å². The molecule has 4 nitrogen and oxygen atoms in total. The van der Waals surface area contributed by atoms with Gasteiger partial charge in [0.05, 0.1) is 5.92 Å². The predicted molar refractivity (Wildman–Crippen MR) is 107 cm³/mol. The van der Waals surface area contributed by atoms with Crippen molar-refractivity contribution in [2.24, 2.45) is 5.92 Å². The van der Waals surface area contributed by atoms with Crippen molar-refractivity contribution in [3.63, 3.8) is 0 Å². The summed E-state index contributed by atoms with van der Waals surface area (Å²) in [6.45, 7) is 4.31. The summed E-state index contributed by atoms with van der Waals surface area (Å²) in [7, 11) is 0. The zero-order valence-corrected chi connectivity index (χ0v) is 16.0. The van der Waals surface area contributed by atoms with Gasteiger partial charge in [0.25, 0.3) is 0 Å². The summed E-state index contributed by atoms with van der Waals surface area (Å²) >= 11 is 0. The molecule has 2 atom stereocenters. The molecule has 144 valence electrons. The Kier molecular flexibility index (Phi) is 6.88. The molecule has 0 amide bonds. The van der Waals surface area contributed by atoms with E-state index in [1.165, 1.54) is 11.1 Å². The number of benzene rings is 2. The van der Waals surface area contributed by atoms with Crippen LogP contribution >= 0.6 is 0 Å². The van der Waals surface area contributed by atoms with Crippen LogP contribution in [0.25, 0.3) is 0 Å². The van der Waals surface area contributed by atoms with E-state index in [2.05, 4.69) is 41.3 Å². The number of nitrogens with zero attached hydrogens (tertiary/aromatic N) is 1. The van der Waals surface area contributed by atoms with Crippen molar-refractivity contribution in [2.45, 2.75) is 38.6 Å². The van der Waals surface area contributed by atoms with E-state index in [1.54, 1.807) is 6.92 Å². The molecule has 1 unspecified atom stereocenters. The molecule has 1 saturated heterocycles. The Morgan fingerprint density at radius 1 is 1.15 bits per heavy atom. The second-order valence-electron chi connectivity index (χ2n) is 7.48. The maximum Gasteiger partial charge on any atom is 0.306 e. The lowest BCUT2D eigenvalue weighted by Crippen LogP contribution is -2.36. The van der Waals surface area contributed by atoms with Crippen molar-refractivity contribution in [1.82, 2.24) is 4.90 Å². The minimum Gasteiger partial charge on any atom is -0.492 e. The molecule has 1 N–H and O–H groups in total. The second kappa shape index (κ2) is 9.56. The number of aliphatic carboxylic acids is 1. The summed E-state index contributed by atoms with van der Waals surface area (Å²) in [6, 6.07) is 19.2. The molecule has 1 aliphatic rings. The van der Waals surface area contributed by atoms with Gasteiger partial charge in [-0.3, -0.25) is 9.69 Å². The van der Waals surface area contributed by atoms with Crippen molar-refractivity contribution in [3.05, 3.63) is 65.7 Å². The SMILES string of the molecule is CC(CCN1CCC[C@@H]1COc1ccc(Cc2ccccc2)cc1)C(=O)O. The average Bonchev–Trinajstić information content (AvgIpc) is 3.13. The molecular formula is C23H29NO3. The summed E-state index contributed by atoms with van der Waals surface area (Å²) in [4.78, 5) is 13.4. The second-order valence-corrected chi connectivity index (χ2v) is 7.48. The van der Waals surface area contributed by atoms with Gasteiger partial charge >= 0.3 is 5.97 Å². The zero-order valence-electron chi connectivity index (χ0n) is 16.0. The third kappa shape index (κ3) is 5.83. The fourth-order valence-electron chi connectivity index (χ4n) is 3.59. The molecule has 3 rings (SSSR count). The molecule has 1 aliphatic heterocycles. The Hall–Kier alpha value is -2.33. The topological polar surface area (TPSA) is 49.8 Å². The van der Waals surface area contributed by atoms with Gasteiger partial charge in [-0.15, -0.1) is 0 Å². The molecule has 0 spiro atoms. The van der Waals surface area contributed by atoms with Gasteiger partial charge in [0.2, 0.25) is 0 Å². The number of likely N-dealkylation sites (tertiary alicyclic amines) is 1. The smallest absolute Gasteiger partial charge is 0.306 e. The quantitative estimate of drug-likeness (QED) is 0.720. The molecule has 0 aromatic heterocycles. The number of ether oxygens (including phenoxy) is 1. The molecule has 0 aliphatic carbocycles. The molecule has 0 saturated carbocycles.